The molecule has 1 heterocycles. The number of carbonyl (C=O) groups is 1. The van der Waals surface area contributed by atoms with E-state index in [9.17, 15) is 4.79 Å². The highest BCUT2D eigenvalue weighted by Gasteiger charge is 2.19. The second kappa shape index (κ2) is 8.21. The molecule has 0 saturated heterocycles. The molecule has 0 aliphatic rings. The molecule has 0 aliphatic carbocycles. The third-order valence-corrected chi connectivity index (χ3v) is 4.69. The molecule has 4 aromatic rings. The number of methoxy groups -OCH3 is 1. The number of benzene rings is 3. The zero-order valence-electron chi connectivity index (χ0n) is 17.1. The zero-order chi connectivity index (χ0) is 21.1. The Morgan fingerprint density at radius 3 is 2.43 bits per heavy atom. The number of ether oxygens (including phenoxy) is 1. The van der Waals surface area contributed by atoms with Gasteiger partial charge in [-0.15, -0.1) is 5.10 Å². The number of hydrogen-bond donors (Lipinski definition) is 1. The van der Waals surface area contributed by atoms with E-state index in [4.69, 9.17) is 4.74 Å². The summed E-state index contributed by atoms with van der Waals surface area (Å²) < 4.78 is 6.92. The first-order valence-corrected chi connectivity index (χ1v) is 9.60. The maximum absolute atomic E-state index is 12.9. The van der Waals surface area contributed by atoms with Crippen molar-refractivity contribution in [3.8, 4) is 22.8 Å². The van der Waals surface area contributed by atoms with E-state index in [-0.39, 0.29) is 11.7 Å². The van der Waals surface area contributed by atoms with Crippen LogP contribution in [0, 0.1) is 13.8 Å². The fourth-order valence-corrected chi connectivity index (χ4v) is 3.13. The van der Waals surface area contributed by atoms with Crippen LogP contribution in [0.15, 0.2) is 72.8 Å². The minimum Gasteiger partial charge on any atom is -0.497 e. The number of anilines is 1. The van der Waals surface area contributed by atoms with Crippen LogP contribution in [0.5, 0.6) is 5.75 Å². The highest BCUT2D eigenvalue weighted by molar-refractivity contribution is 6.02. The van der Waals surface area contributed by atoms with Crippen molar-refractivity contribution >= 4 is 11.6 Å². The molecule has 0 bridgehead atoms. The number of nitrogens with one attached hydrogen (secondary N) is 1. The van der Waals surface area contributed by atoms with Gasteiger partial charge in [0.1, 0.15) is 5.75 Å². The Hall–Kier alpha value is -3.93. The SMILES string of the molecule is COc1cccc(NC(=O)c2nc(-c3ccc(C)cc3)n(-c3cccc(C)c3)n2)c1. The van der Waals surface area contributed by atoms with Gasteiger partial charge in [-0.1, -0.05) is 48.0 Å². The summed E-state index contributed by atoms with van der Waals surface area (Å²) in [6.07, 6.45) is 0. The largest absolute Gasteiger partial charge is 0.497 e. The van der Waals surface area contributed by atoms with E-state index in [1.165, 1.54) is 0 Å². The van der Waals surface area contributed by atoms with Crippen molar-refractivity contribution in [2.45, 2.75) is 13.8 Å². The maximum atomic E-state index is 12.9. The molecule has 0 atom stereocenters. The van der Waals surface area contributed by atoms with E-state index in [1.807, 2.05) is 74.5 Å². The lowest BCUT2D eigenvalue weighted by Crippen LogP contribution is -2.14. The van der Waals surface area contributed by atoms with Crippen molar-refractivity contribution in [2.75, 3.05) is 12.4 Å². The zero-order valence-corrected chi connectivity index (χ0v) is 17.1. The Bertz CT molecular complexity index is 1200. The van der Waals surface area contributed by atoms with Gasteiger partial charge in [-0.05, 0) is 43.7 Å². The van der Waals surface area contributed by atoms with Gasteiger partial charge < -0.3 is 10.1 Å². The van der Waals surface area contributed by atoms with E-state index in [0.717, 1.165) is 22.4 Å². The second-order valence-electron chi connectivity index (χ2n) is 7.06. The molecular formula is C24H22N4O2. The number of aryl methyl sites for hydroxylation is 2. The maximum Gasteiger partial charge on any atom is 0.295 e. The van der Waals surface area contributed by atoms with Crippen molar-refractivity contribution in [2.24, 2.45) is 0 Å². The van der Waals surface area contributed by atoms with Gasteiger partial charge in [0.15, 0.2) is 5.82 Å². The molecule has 3 aromatic carbocycles. The highest BCUT2D eigenvalue weighted by Crippen LogP contribution is 2.23. The van der Waals surface area contributed by atoms with E-state index in [0.29, 0.717) is 17.3 Å². The molecule has 4 rings (SSSR count). The van der Waals surface area contributed by atoms with Gasteiger partial charge >= 0.3 is 0 Å². The number of aromatic nitrogens is 3. The van der Waals surface area contributed by atoms with Crippen LogP contribution in [0.3, 0.4) is 0 Å². The monoisotopic (exact) mass is 398 g/mol. The molecule has 1 aromatic heterocycles. The summed E-state index contributed by atoms with van der Waals surface area (Å²) in [5.41, 5.74) is 4.59. The number of carbonyl (C=O) groups excluding carboxylic acids is 1. The molecule has 6 heteroatoms. The molecule has 0 fully saturated rings. The summed E-state index contributed by atoms with van der Waals surface area (Å²) in [5.74, 6) is 0.973. The minimum atomic E-state index is -0.386. The van der Waals surface area contributed by atoms with Gasteiger partial charge in [-0.2, -0.15) is 0 Å². The van der Waals surface area contributed by atoms with Gasteiger partial charge in [0, 0.05) is 17.3 Å². The average molecular weight is 398 g/mol. The van der Waals surface area contributed by atoms with Crippen LogP contribution in [0.1, 0.15) is 21.7 Å². The first-order valence-electron chi connectivity index (χ1n) is 9.60. The fourth-order valence-electron chi connectivity index (χ4n) is 3.13. The smallest absolute Gasteiger partial charge is 0.295 e. The van der Waals surface area contributed by atoms with Crippen LogP contribution in [0.25, 0.3) is 17.1 Å². The number of hydrogen-bond acceptors (Lipinski definition) is 4. The molecule has 0 aliphatic heterocycles. The van der Waals surface area contributed by atoms with E-state index < -0.39 is 0 Å². The van der Waals surface area contributed by atoms with Gasteiger partial charge in [0.25, 0.3) is 5.91 Å². The predicted molar refractivity (Wildman–Crippen MR) is 117 cm³/mol. The second-order valence-corrected chi connectivity index (χ2v) is 7.06. The van der Waals surface area contributed by atoms with Gasteiger partial charge in [0.2, 0.25) is 5.82 Å². The van der Waals surface area contributed by atoms with Gasteiger partial charge in [-0.25, -0.2) is 9.67 Å². The lowest BCUT2D eigenvalue weighted by Gasteiger charge is -2.07. The molecule has 1 amide bonds. The molecule has 6 nitrogen and oxygen atoms in total. The van der Waals surface area contributed by atoms with E-state index in [2.05, 4.69) is 15.4 Å². The van der Waals surface area contributed by atoms with E-state index >= 15 is 0 Å². The Morgan fingerprint density at radius 1 is 0.933 bits per heavy atom. The molecule has 0 spiro atoms. The van der Waals surface area contributed by atoms with E-state index in [1.54, 1.807) is 23.9 Å². The third kappa shape index (κ3) is 4.07. The highest BCUT2D eigenvalue weighted by atomic mass is 16.5. The predicted octanol–water partition coefficient (Wildman–Crippen LogP) is 4.81. The molecule has 0 saturated carbocycles. The molecule has 0 radical (unpaired) electrons. The molecule has 150 valence electrons. The van der Waals surface area contributed by atoms with Crippen LogP contribution < -0.4 is 10.1 Å². The average Bonchev–Trinajstić information content (AvgIpc) is 3.20. The van der Waals surface area contributed by atoms with Gasteiger partial charge in [-0.3, -0.25) is 4.79 Å². The van der Waals surface area contributed by atoms with Gasteiger partial charge in [0.05, 0.1) is 12.8 Å². The summed E-state index contributed by atoms with van der Waals surface area (Å²) in [7, 11) is 1.58. The minimum absolute atomic E-state index is 0.0925. The quantitative estimate of drug-likeness (QED) is 0.524. The van der Waals surface area contributed by atoms with Crippen molar-refractivity contribution in [3.63, 3.8) is 0 Å². The van der Waals surface area contributed by atoms with Crippen LogP contribution in [-0.2, 0) is 0 Å². The molecule has 30 heavy (non-hydrogen) atoms. The first-order chi connectivity index (χ1) is 14.5. The van der Waals surface area contributed by atoms with Crippen LogP contribution >= 0.6 is 0 Å². The fraction of sp³-hybridized carbons (Fsp3) is 0.125. The summed E-state index contributed by atoms with van der Waals surface area (Å²) >= 11 is 0. The van der Waals surface area contributed by atoms with Crippen molar-refractivity contribution in [3.05, 3.63) is 89.7 Å². The van der Waals surface area contributed by atoms with Crippen LogP contribution in [0.4, 0.5) is 5.69 Å². The first kappa shape index (κ1) is 19.4. The third-order valence-electron chi connectivity index (χ3n) is 4.69. The molecule has 1 N–H and O–H groups in total. The number of nitrogens with zero attached hydrogens (tertiary/aromatic N) is 3. The van der Waals surface area contributed by atoms with Crippen molar-refractivity contribution in [1.82, 2.24) is 14.8 Å². The number of rotatable bonds is 5. The normalized spacial score (nSPS) is 10.6. The topological polar surface area (TPSA) is 69.0 Å². The molecule has 0 unspecified atom stereocenters. The summed E-state index contributed by atoms with van der Waals surface area (Å²) in [5, 5.41) is 7.36. The van der Waals surface area contributed by atoms with Crippen LogP contribution in [-0.4, -0.2) is 27.8 Å². The Labute approximate surface area is 175 Å². The lowest BCUT2D eigenvalue weighted by molar-refractivity contribution is 0.101. The lowest BCUT2D eigenvalue weighted by atomic mass is 10.1. The summed E-state index contributed by atoms with van der Waals surface area (Å²) in [6, 6.07) is 23.1. The number of amides is 1. The summed E-state index contributed by atoms with van der Waals surface area (Å²) in [4.78, 5) is 17.4. The Morgan fingerprint density at radius 2 is 1.70 bits per heavy atom. The van der Waals surface area contributed by atoms with Crippen molar-refractivity contribution in [1.29, 1.82) is 0 Å². The van der Waals surface area contributed by atoms with Crippen molar-refractivity contribution < 1.29 is 9.53 Å². The Balaban J connectivity index is 1.74. The van der Waals surface area contributed by atoms with Crippen LogP contribution in [0.2, 0.25) is 0 Å². The standard InChI is InChI=1S/C24H22N4O2/c1-16-10-12-18(13-11-16)23-26-22(27-28(23)20-8-4-6-17(2)14-20)24(29)25-19-7-5-9-21(15-19)30-3/h4-15H,1-3H3,(H,25,29). The summed E-state index contributed by atoms with van der Waals surface area (Å²) in [6.45, 7) is 4.05. The Kier molecular flexibility index (Phi) is 5.30. The molecular weight excluding hydrogens is 376 g/mol.